The highest BCUT2D eigenvalue weighted by Crippen LogP contribution is 2.29. The molecule has 1 aliphatic heterocycles. The first-order chi connectivity index (χ1) is 9.47. The Morgan fingerprint density at radius 3 is 2.50 bits per heavy atom. The molecule has 2 rings (SSSR count). The molecule has 1 saturated heterocycles. The zero-order chi connectivity index (χ0) is 14.9. The Balaban J connectivity index is 2.50. The molecule has 1 aromatic carbocycles. The molecule has 5 heteroatoms. The van der Waals surface area contributed by atoms with Crippen molar-refractivity contribution in [2.24, 2.45) is 5.92 Å². The highest BCUT2D eigenvalue weighted by molar-refractivity contribution is 14.1. The molecule has 4 nitrogen and oxygen atoms in total. The van der Waals surface area contributed by atoms with Crippen LogP contribution in [0.4, 0.5) is 5.69 Å². The summed E-state index contributed by atoms with van der Waals surface area (Å²) < 4.78 is 0.980. The summed E-state index contributed by atoms with van der Waals surface area (Å²) in [6, 6.07) is 6.82. The van der Waals surface area contributed by atoms with E-state index in [0.717, 1.165) is 9.26 Å². The highest BCUT2D eigenvalue weighted by atomic mass is 127. The smallest absolute Gasteiger partial charge is 0.250 e. The number of nitrogens with one attached hydrogen (secondary N) is 1. The van der Waals surface area contributed by atoms with E-state index in [1.807, 2.05) is 45.0 Å². The second kappa shape index (κ2) is 6.11. The van der Waals surface area contributed by atoms with Crippen molar-refractivity contribution in [1.82, 2.24) is 5.32 Å². The first-order valence-electron chi connectivity index (χ1n) is 6.85. The number of hydrogen-bond donors (Lipinski definition) is 1. The lowest BCUT2D eigenvalue weighted by atomic mass is 9.95. The second-order valence-electron chi connectivity index (χ2n) is 5.32. The lowest BCUT2D eigenvalue weighted by Gasteiger charge is -2.41. The molecular formula is C15H19IN2O2. The van der Waals surface area contributed by atoms with Crippen LogP contribution >= 0.6 is 22.6 Å². The third-order valence-electron chi connectivity index (χ3n) is 3.55. The number of piperazine rings is 1. The lowest BCUT2D eigenvalue weighted by Crippen LogP contribution is -2.65. The zero-order valence-electron chi connectivity index (χ0n) is 11.9. The maximum absolute atomic E-state index is 12.7. The zero-order valence-corrected chi connectivity index (χ0v) is 14.0. The third-order valence-corrected chi connectivity index (χ3v) is 4.46. The van der Waals surface area contributed by atoms with E-state index in [4.69, 9.17) is 0 Å². The molecule has 0 aliphatic carbocycles. The quantitative estimate of drug-likeness (QED) is 0.812. The predicted molar refractivity (Wildman–Crippen MR) is 87.5 cm³/mol. The maximum Gasteiger partial charge on any atom is 0.250 e. The minimum absolute atomic E-state index is 0.0186. The highest BCUT2D eigenvalue weighted by Gasteiger charge is 2.42. The molecule has 0 bridgehead atoms. The molecule has 2 atom stereocenters. The summed E-state index contributed by atoms with van der Waals surface area (Å²) in [5.41, 5.74) is 0.824. The van der Waals surface area contributed by atoms with Gasteiger partial charge in [-0.3, -0.25) is 14.5 Å². The van der Waals surface area contributed by atoms with E-state index in [-0.39, 0.29) is 17.7 Å². The first kappa shape index (κ1) is 15.3. The van der Waals surface area contributed by atoms with E-state index in [1.54, 1.807) is 4.90 Å². The van der Waals surface area contributed by atoms with E-state index in [1.165, 1.54) is 0 Å². The average molecular weight is 386 g/mol. The fourth-order valence-electron chi connectivity index (χ4n) is 2.53. The summed E-state index contributed by atoms with van der Waals surface area (Å²) >= 11 is 2.21. The minimum Gasteiger partial charge on any atom is -0.342 e. The molecule has 1 heterocycles. The van der Waals surface area contributed by atoms with Crippen LogP contribution in [0.3, 0.4) is 0 Å². The number of halogens is 1. The van der Waals surface area contributed by atoms with Gasteiger partial charge in [0.1, 0.15) is 12.1 Å². The summed E-state index contributed by atoms with van der Waals surface area (Å²) in [7, 11) is 0. The Labute approximate surface area is 133 Å². The van der Waals surface area contributed by atoms with Crippen molar-refractivity contribution < 1.29 is 9.59 Å². The summed E-state index contributed by atoms with van der Waals surface area (Å²) in [5, 5.41) is 2.83. The van der Waals surface area contributed by atoms with Crippen molar-refractivity contribution in [2.45, 2.75) is 39.3 Å². The number of carbonyl (C=O) groups excluding carboxylic acids is 2. The molecule has 0 saturated carbocycles. The van der Waals surface area contributed by atoms with E-state index >= 15 is 0 Å². The number of amides is 2. The van der Waals surface area contributed by atoms with Gasteiger partial charge in [-0.25, -0.2) is 0 Å². The van der Waals surface area contributed by atoms with Gasteiger partial charge in [0, 0.05) is 3.57 Å². The normalized spacial score (nSPS) is 23.1. The Kier molecular flexibility index (Phi) is 4.67. The molecule has 1 aromatic rings. The molecule has 2 amide bonds. The van der Waals surface area contributed by atoms with Gasteiger partial charge >= 0.3 is 0 Å². The number of benzene rings is 1. The van der Waals surface area contributed by atoms with Crippen molar-refractivity contribution >= 4 is 40.1 Å². The lowest BCUT2D eigenvalue weighted by molar-refractivity contribution is -0.134. The maximum atomic E-state index is 12.7. The summed E-state index contributed by atoms with van der Waals surface area (Å²) in [6.07, 6.45) is 0.606. The summed E-state index contributed by atoms with van der Waals surface area (Å²) in [5.74, 6) is -0.0196. The fourth-order valence-corrected chi connectivity index (χ4v) is 3.18. The number of carbonyl (C=O) groups is 2. The van der Waals surface area contributed by atoms with Gasteiger partial charge in [-0.05, 0) is 47.1 Å². The molecule has 0 radical (unpaired) electrons. The van der Waals surface area contributed by atoms with Gasteiger partial charge in [0.25, 0.3) is 0 Å². The Hall–Kier alpha value is -1.11. The van der Waals surface area contributed by atoms with Gasteiger partial charge in [0.2, 0.25) is 11.8 Å². The molecule has 2 unspecified atom stereocenters. The fraction of sp³-hybridized carbons (Fsp3) is 0.467. The SMILES string of the molecule is CCC1NC(=O)C(C(C)C)N(c2ccccc2I)C1=O. The van der Waals surface area contributed by atoms with Gasteiger partial charge in [0.05, 0.1) is 5.69 Å². The van der Waals surface area contributed by atoms with Crippen LogP contribution in [0.1, 0.15) is 27.2 Å². The number of rotatable bonds is 3. The van der Waals surface area contributed by atoms with Crippen LogP contribution in [0.5, 0.6) is 0 Å². The molecule has 108 valence electrons. The molecule has 0 spiro atoms. The molecule has 1 aliphatic rings. The van der Waals surface area contributed by atoms with Crippen LogP contribution in [-0.2, 0) is 9.59 Å². The molecule has 20 heavy (non-hydrogen) atoms. The largest absolute Gasteiger partial charge is 0.342 e. The van der Waals surface area contributed by atoms with Crippen LogP contribution in [0, 0.1) is 9.49 Å². The van der Waals surface area contributed by atoms with Crippen LogP contribution in [0.2, 0.25) is 0 Å². The Morgan fingerprint density at radius 2 is 1.95 bits per heavy atom. The van der Waals surface area contributed by atoms with Crippen LogP contribution in [-0.4, -0.2) is 23.9 Å². The average Bonchev–Trinajstić information content (AvgIpc) is 2.41. The minimum atomic E-state index is -0.443. The molecular weight excluding hydrogens is 367 g/mol. The van der Waals surface area contributed by atoms with Gasteiger partial charge in [-0.15, -0.1) is 0 Å². The van der Waals surface area contributed by atoms with Gasteiger partial charge < -0.3 is 5.32 Å². The third kappa shape index (κ3) is 2.68. The molecule has 1 N–H and O–H groups in total. The standard InChI is InChI=1S/C15H19IN2O2/c1-4-11-15(20)18(12-8-6-5-7-10(12)16)13(9(2)3)14(19)17-11/h5-9,11,13H,4H2,1-3H3,(H,17,19). The Morgan fingerprint density at radius 1 is 1.30 bits per heavy atom. The van der Waals surface area contributed by atoms with Crippen molar-refractivity contribution in [3.63, 3.8) is 0 Å². The predicted octanol–water partition coefficient (Wildman–Crippen LogP) is 2.56. The first-order valence-corrected chi connectivity index (χ1v) is 7.93. The van der Waals surface area contributed by atoms with E-state index in [2.05, 4.69) is 27.9 Å². The van der Waals surface area contributed by atoms with Crippen molar-refractivity contribution in [1.29, 1.82) is 0 Å². The van der Waals surface area contributed by atoms with Crippen molar-refractivity contribution in [3.05, 3.63) is 27.8 Å². The monoisotopic (exact) mass is 386 g/mol. The van der Waals surface area contributed by atoms with Crippen molar-refractivity contribution in [3.8, 4) is 0 Å². The summed E-state index contributed by atoms with van der Waals surface area (Å²) in [4.78, 5) is 26.7. The van der Waals surface area contributed by atoms with Gasteiger partial charge in [0.15, 0.2) is 0 Å². The van der Waals surface area contributed by atoms with Crippen LogP contribution in [0.15, 0.2) is 24.3 Å². The summed E-state index contributed by atoms with van der Waals surface area (Å²) in [6.45, 7) is 5.84. The van der Waals surface area contributed by atoms with E-state index in [9.17, 15) is 9.59 Å². The van der Waals surface area contributed by atoms with Crippen LogP contribution < -0.4 is 10.2 Å². The number of hydrogen-bond acceptors (Lipinski definition) is 2. The molecule has 0 aromatic heterocycles. The number of nitrogens with zero attached hydrogens (tertiary/aromatic N) is 1. The number of anilines is 1. The Bertz CT molecular complexity index is 530. The van der Waals surface area contributed by atoms with Gasteiger partial charge in [-0.1, -0.05) is 32.9 Å². The second-order valence-corrected chi connectivity index (χ2v) is 6.48. The van der Waals surface area contributed by atoms with Crippen LogP contribution in [0.25, 0.3) is 0 Å². The topological polar surface area (TPSA) is 49.4 Å². The van der Waals surface area contributed by atoms with E-state index in [0.29, 0.717) is 6.42 Å². The number of para-hydroxylation sites is 1. The van der Waals surface area contributed by atoms with Gasteiger partial charge in [-0.2, -0.15) is 0 Å². The van der Waals surface area contributed by atoms with Crippen molar-refractivity contribution in [2.75, 3.05) is 4.90 Å². The molecule has 1 fully saturated rings. The van der Waals surface area contributed by atoms with E-state index < -0.39 is 12.1 Å².